The van der Waals surface area contributed by atoms with E-state index in [1.54, 1.807) is 13.2 Å². The van der Waals surface area contributed by atoms with Gasteiger partial charge in [-0.15, -0.1) is 0 Å². The highest BCUT2D eigenvalue weighted by Gasteiger charge is 1.67. The zero-order valence-corrected chi connectivity index (χ0v) is 4.18. The van der Waals surface area contributed by atoms with Gasteiger partial charge in [-0.2, -0.15) is 0 Å². The van der Waals surface area contributed by atoms with Crippen LogP contribution in [0, 0.1) is 0 Å². The van der Waals surface area contributed by atoms with Gasteiger partial charge in [0.05, 0.1) is 0 Å². The Kier molecular flexibility index (Phi) is 2.64. The lowest BCUT2D eigenvalue weighted by molar-refractivity contribution is 0.747. The van der Waals surface area contributed by atoms with Gasteiger partial charge in [-0.25, -0.2) is 0 Å². The first-order chi connectivity index (χ1) is 2.77. The van der Waals surface area contributed by atoms with Gasteiger partial charge in [0.25, 0.3) is 0 Å². The third-order valence-electron chi connectivity index (χ3n) is 0.384. The predicted octanol–water partition coefficient (Wildman–Crippen LogP) is 0.535. The number of hydrogen-bond acceptors (Lipinski definition) is 1. The van der Waals surface area contributed by atoms with Gasteiger partial charge < -0.3 is 4.81 Å². The van der Waals surface area contributed by atoms with E-state index in [0.29, 0.717) is 0 Å². The number of rotatable bonds is 1. The van der Waals surface area contributed by atoms with Gasteiger partial charge >= 0.3 is 0 Å². The van der Waals surface area contributed by atoms with Gasteiger partial charge in [0.1, 0.15) is 0 Å². The Morgan fingerprint density at radius 3 is 2.17 bits per heavy atom. The van der Waals surface area contributed by atoms with Gasteiger partial charge in [-0.1, -0.05) is 6.08 Å². The Hall–Kier alpha value is -0.395. The van der Waals surface area contributed by atoms with Gasteiger partial charge in [-0.3, -0.25) is 0 Å². The van der Waals surface area contributed by atoms with Crippen LogP contribution in [-0.2, 0) is 0 Å². The molecule has 0 bridgehead atoms. The summed E-state index contributed by atoms with van der Waals surface area (Å²) in [6.07, 6.45) is 3.65. The molecule has 0 aromatic heterocycles. The minimum Gasteiger partial charge on any atom is -0.433 e. The highest BCUT2D eigenvalue weighted by molar-refractivity contribution is 6.04. The molecule has 0 aliphatic heterocycles. The Morgan fingerprint density at radius 1 is 1.67 bits per heavy atom. The van der Waals surface area contributed by atoms with E-state index in [2.05, 4.69) is 0 Å². The van der Waals surface area contributed by atoms with E-state index < -0.39 is 0 Å². The van der Waals surface area contributed by atoms with Crippen molar-refractivity contribution in [2.75, 3.05) is 7.05 Å². The second-order valence-corrected chi connectivity index (χ2v) is 1.15. The molecule has 0 aromatic rings. The monoisotopic (exact) mass is 81.1 g/mol. The summed E-state index contributed by atoms with van der Waals surface area (Å²) in [4.78, 5) is 1.50. The summed E-state index contributed by atoms with van der Waals surface area (Å²) in [7, 11) is 6.93. The van der Waals surface area contributed by atoms with E-state index in [4.69, 9.17) is 7.98 Å². The van der Waals surface area contributed by atoms with E-state index in [0.717, 1.165) is 0 Å². The van der Waals surface area contributed by atoms with Crippen LogP contribution in [0.2, 0.25) is 0 Å². The second kappa shape index (κ2) is 2.82. The molecule has 6 heavy (non-hydrogen) atoms. The standard InChI is InChI=1S/C4H8BN/c1-3-4-6(2)5/h3-4H,1-2H3/b4-3-. The molecule has 0 heterocycles. The lowest BCUT2D eigenvalue weighted by atomic mass is 10.4. The van der Waals surface area contributed by atoms with Crippen LogP contribution < -0.4 is 0 Å². The number of hydrogen-bond donors (Lipinski definition) is 0. The Bertz CT molecular complexity index is 49.5. The first-order valence-corrected chi connectivity index (χ1v) is 1.87. The largest absolute Gasteiger partial charge is 0.433 e. The summed E-state index contributed by atoms with van der Waals surface area (Å²) in [5.41, 5.74) is 0. The van der Waals surface area contributed by atoms with Crippen molar-refractivity contribution in [3.8, 4) is 0 Å². The van der Waals surface area contributed by atoms with Crippen molar-refractivity contribution >= 4 is 7.98 Å². The number of allylic oxidation sites excluding steroid dienone is 1. The number of nitrogens with zero attached hydrogens (tertiary/aromatic N) is 1. The zero-order valence-electron chi connectivity index (χ0n) is 4.18. The van der Waals surface area contributed by atoms with Gasteiger partial charge in [-0.05, 0) is 20.2 Å². The average molecular weight is 80.9 g/mol. The quantitative estimate of drug-likeness (QED) is 0.416. The maximum atomic E-state index is 5.15. The molecule has 0 aliphatic rings. The fraction of sp³-hybridized carbons (Fsp3) is 0.500. The minimum atomic E-state index is 1.50. The van der Waals surface area contributed by atoms with Gasteiger partial charge in [0.2, 0.25) is 7.98 Å². The molecule has 0 fully saturated rings. The average Bonchev–Trinajstić information content (AvgIpc) is 1.35. The Balaban J connectivity index is 3.03. The van der Waals surface area contributed by atoms with Crippen molar-refractivity contribution in [2.45, 2.75) is 6.92 Å². The molecule has 0 N–H and O–H groups in total. The third-order valence-corrected chi connectivity index (χ3v) is 0.384. The molecule has 0 saturated carbocycles. The van der Waals surface area contributed by atoms with Crippen LogP contribution in [0.1, 0.15) is 6.92 Å². The fourth-order valence-corrected chi connectivity index (χ4v) is 0.235. The van der Waals surface area contributed by atoms with E-state index in [1.807, 2.05) is 13.0 Å². The molecular weight excluding hydrogens is 72.9 g/mol. The lowest BCUT2D eigenvalue weighted by Crippen LogP contribution is -2.01. The smallest absolute Gasteiger partial charge is 0.225 e. The minimum absolute atomic E-state index is 1.50. The van der Waals surface area contributed by atoms with Crippen LogP contribution in [0.4, 0.5) is 0 Å². The zero-order chi connectivity index (χ0) is 4.99. The molecule has 2 heteroatoms. The maximum Gasteiger partial charge on any atom is 0.225 e. The van der Waals surface area contributed by atoms with Crippen LogP contribution in [0.5, 0.6) is 0 Å². The summed E-state index contributed by atoms with van der Waals surface area (Å²) in [6, 6.07) is 0. The van der Waals surface area contributed by atoms with Gasteiger partial charge in [0, 0.05) is 0 Å². The van der Waals surface area contributed by atoms with Crippen molar-refractivity contribution in [1.29, 1.82) is 0 Å². The van der Waals surface area contributed by atoms with Crippen LogP contribution in [0.25, 0.3) is 0 Å². The molecule has 0 saturated heterocycles. The SMILES string of the molecule is [B]N(C)/C=C\C. The third kappa shape index (κ3) is 3.60. The molecule has 0 spiro atoms. The molecule has 0 amide bonds. The maximum absolute atomic E-state index is 5.15. The second-order valence-electron chi connectivity index (χ2n) is 1.15. The topological polar surface area (TPSA) is 3.24 Å². The summed E-state index contributed by atoms with van der Waals surface area (Å²) in [6.45, 7) is 1.92. The van der Waals surface area contributed by atoms with Crippen LogP contribution >= 0.6 is 0 Å². The molecule has 2 radical (unpaired) electrons. The predicted molar refractivity (Wildman–Crippen MR) is 28.3 cm³/mol. The summed E-state index contributed by atoms with van der Waals surface area (Å²) in [5, 5.41) is 0. The van der Waals surface area contributed by atoms with E-state index in [1.165, 1.54) is 4.81 Å². The van der Waals surface area contributed by atoms with Crippen LogP contribution in [-0.4, -0.2) is 19.8 Å². The van der Waals surface area contributed by atoms with E-state index in [-0.39, 0.29) is 0 Å². The van der Waals surface area contributed by atoms with Crippen molar-refractivity contribution in [2.24, 2.45) is 0 Å². The first kappa shape index (κ1) is 5.60. The van der Waals surface area contributed by atoms with E-state index in [9.17, 15) is 0 Å². The Labute approximate surface area is 40.1 Å². The van der Waals surface area contributed by atoms with Crippen molar-refractivity contribution in [3.63, 3.8) is 0 Å². The summed E-state index contributed by atoms with van der Waals surface area (Å²) < 4.78 is 0. The van der Waals surface area contributed by atoms with E-state index >= 15 is 0 Å². The van der Waals surface area contributed by atoms with Crippen LogP contribution in [0.3, 0.4) is 0 Å². The normalized spacial score (nSPS) is 9.67. The fourth-order valence-electron chi connectivity index (χ4n) is 0.235. The van der Waals surface area contributed by atoms with Crippen molar-refractivity contribution in [3.05, 3.63) is 12.3 Å². The molecule has 0 unspecified atom stereocenters. The Morgan fingerprint density at radius 2 is 2.17 bits per heavy atom. The molecule has 0 atom stereocenters. The summed E-state index contributed by atoms with van der Waals surface area (Å²) in [5.74, 6) is 0. The highest BCUT2D eigenvalue weighted by atomic mass is 15.0. The van der Waals surface area contributed by atoms with Crippen LogP contribution in [0.15, 0.2) is 12.3 Å². The first-order valence-electron chi connectivity index (χ1n) is 1.87. The van der Waals surface area contributed by atoms with Crippen molar-refractivity contribution < 1.29 is 0 Å². The molecule has 0 aromatic carbocycles. The summed E-state index contributed by atoms with van der Waals surface area (Å²) >= 11 is 0. The highest BCUT2D eigenvalue weighted by Crippen LogP contribution is 1.70. The van der Waals surface area contributed by atoms with Crippen molar-refractivity contribution in [1.82, 2.24) is 4.81 Å². The lowest BCUT2D eigenvalue weighted by Gasteiger charge is -2.00. The molecule has 32 valence electrons. The molecule has 0 aliphatic carbocycles. The molecule has 1 nitrogen and oxygen atoms in total. The van der Waals surface area contributed by atoms with Gasteiger partial charge in [0.15, 0.2) is 0 Å². The molecular formula is C4H8BN. The molecule has 0 rings (SSSR count).